The summed E-state index contributed by atoms with van der Waals surface area (Å²) in [6.07, 6.45) is 4.50. The molecule has 0 radical (unpaired) electrons. The number of carbonyl (C=O) groups excluding carboxylic acids is 3. The molecule has 5 nitrogen and oxygen atoms in total. The number of hydrogen-bond donors (Lipinski definition) is 1. The normalized spacial score (nSPS) is 10.4. The highest BCUT2D eigenvalue weighted by molar-refractivity contribution is 6.30. The van der Waals surface area contributed by atoms with Gasteiger partial charge >= 0.3 is 5.97 Å². The van der Waals surface area contributed by atoms with Crippen LogP contribution in [0.3, 0.4) is 0 Å². The van der Waals surface area contributed by atoms with Gasteiger partial charge in [-0.05, 0) is 42.7 Å². The van der Waals surface area contributed by atoms with E-state index in [0.717, 1.165) is 12.8 Å². The zero-order chi connectivity index (χ0) is 21.1. The molecule has 154 valence electrons. The lowest BCUT2D eigenvalue weighted by molar-refractivity contribution is -0.147. The van der Waals surface area contributed by atoms with Crippen molar-refractivity contribution in [2.45, 2.75) is 45.4 Å². The number of esters is 1. The van der Waals surface area contributed by atoms with Crippen molar-refractivity contribution in [3.05, 3.63) is 64.7 Å². The van der Waals surface area contributed by atoms with Crippen molar-refractivity contribution in [2.75, 3.05) is 11.9 Å². The van der Waals surface area contributed by atoms with Crippen molar-refractivity contribution >= 4 is 34.9 Å². The van der Waals surface area contributed by atoms with E-state index in [1.54, 1.807) is 36.4 Å². The number of halogens is 1. The topological polar surface area (TPSA) is 72.5 Å². The number of ether oxygens (including phenoxy) is 1. The van der Waals surface area contributed by atoms with Gasteiger partial charge in [0.1, 0.15) is 0 Å². The number of ketones is 1. The third-order valence-corrected chi connectivity index (χ3v) is 4.65. The van der Waals surface area contributed by atoms with E-state index in [-0.39, 0.29) is 18.6 Å². The quantitative estimate of drug-likeness (QED) is 0.310. The first kappa shape index (κ1) is 22.6. The van der Waals surface area contributed by atoms with Crippen LogP contribution in [0, 0.1) is 0 Å². The second-order valence-electron chi connectivity index (χ2n) is 6.79. The number of Topliss-reactive ketones (excluding diaryl/α,β-unsaturated/α-hetero) is 1. The molecule has 0 aromatic heterocycles. The summed E-state index contributed by atoms with van der Waals surface area (Å²) in [5.41, 5.74) is 2.35. The first-order valence-electron chi connectivity index (χ1n) is 9.81. The first-order chi connectivity index (χ1) is 14.0. The Bertz CT molecular complexity index is 816. The van der Waals surface area contributed by atoms with Crippen molar-refractivity contribution in [1.82, 2.24) is 0 Å². The van der Waals surface area contributed by atoms with Gasteiger partial charge in [0, 0.05) is 22.7 Å². The number of aryl methyl sites for hydroxylation is 1. The van der Waals surface area contributed by atoms with Crippen molar-refractivity contribution in [3.63, 3.8) is 0 Å². The standard InChI is InChI=1S/C23H26ClNO4/c1-2-3-4-5-17-6-8-18(9-7-17)21(26)14-15-23(28)29-16-22(27)25-20-12-10-19(24)11-13-20/h6-13H,2-5,14-16H2,1H3,(H,25,27). The number of benzene rings is 2. The molecule has 2 aromatic carbocycles. The summed E-state index contributed by atoms with van der Waals surface area (Å²) in [6, 6.07) is 14.1. The number of hydrogen-bond acceptors (Lipinski definition) is 4. The molecule has 29 heavy (non-hydrogen) atoms. The molecule has 0 saturated carbocycles. The average molecular weight is 416 g/mol. The van der Waals surface area contributed by atoms with Crippen molar-refractivity contribution in [2.24, 2.45) is 0 Å². The van der Waals surface area contributed by atoms with Gasteiger partial charge in [-0.15, -0.1) is 0 Å². The van der Waals surface area contributed by atoms with Gasteiger partial charge in [0.05, 0.1) is 6.42 Å². The Morgan fingerprint density at radius 2 is 1.62 bits per heavy atom. The average Bonchev–Trinajstić information content (AvgIpc) is 2.73. The predicted molar refractivity (Wildman–Crippen MR) is 114 cm³/mol. The molecular formula is C23H26ClNO4. The highest BCUT2D eigenvalue weighted by atomic mass is 35.5. The number of carbonyl (C=O) groups is 3. The molecule has 0 saturated heterocycles. The van der Waals surface area contributed by atoms with Crippen LogP contribution in [0.25, 0.3) is 0 Å². The van der Waals surface area contributed by atoms with Crippen molar-refractivity contribution in [3.8, 4) is 0 Å². The van der Waals surface area contributed by atoms with Crippen molar-refractivity contribution in [1.29, 1.82) is 0 Å². The maximum atomic E-state index is 12.2. The second kappa shape index (κ2) is 12.0. The Morgan fingerprint density at radius 3 is 2.28 bits per heavy atom. The molecule has 0 fully saturated rings. The lowest BCUT2D eigenvalue weighted by Crippen LogP contribution is -2.21. The molecule has 0 aliphatic rings. The molecular weight excluding hydrogens is 390 g/mol. The van der Waals surface area contributed by atoms with E-state index in [1.807, 2.05) is 12.1 Å². The number of rotatable bonds is 11. The summed E-state index contributed by atoms with van der Waals surface area (Å²) in [4.78, 5) is 35.8. The maximum Gasteiger partial charge on any atom is 0.306 e. The molecule has 2 aromatic rings. The van der Waals surface area contributed by atoms with Gasteiger partial charge in [0.2, 0.25) is 0 Å². The summed E-state index contributed by atoms with van der Waals surface area (Å²) in [6.45, 7) is 1.76. The Balaban J connectivity index is 1.69. The third-order valence-electron chi connectivity index (χ3n) is 4.39. The maximum absolute atomic E-state index is 12.2. The van der Waals surface area contributed by atoms with Gasteiger partial charge in [-0.1, -0.05) is 55.6 Å². The summed E-state index contributed by atoms with van der Waals surface area (Å²) < 4.78 is 4.93. The van der Waals surface area contributed by atoms with Crippen LogP contribution in [0.4, 0.5) is 5.69 Å². The van der Waals surface area contributed by atoms with E-state index in [0.29, 0.717) is 16.3 Å². The molecule has 0 spiro atoms. The van der Waals surface area contributed by atoms with Crippen LogP contribution >= 0.6 is 11.6 Å². The smallest absolute Gasteiger partial charge is 0.306 e. The Labute approximate surface area is 176 Å². The number of unbranched alkanes of at least 4 members (excludes halogenated alkanes) is 2. The molecule has 0 bridgehead atoms. The van der Waals surface area contributed by atoms with E-state index in [4.69, 9.17) is 16.3 Å². The van der Waals surface area contributed by atoms with Gasteiger partial charge in [-0.2, -0.15) is 0 Å². The van der Waals surface area contributed by atoms with Crippen LogP contribution in [0.1, 0.15) is 54.9 Å². The van der Waals surface area contributed by atoms with E-state index < -0.39 is 18.5 Å². The Kier molecular flexibility index (Phi) is 9.38. The highest BCUT2D eigenvalue weighted by Crippen LogP contribution is 2.14. The molecule has 2 rings (SSSR count). The van der Waals surface area contributed by atoms with Crippen LogP contribution in [0.2, 0.25) is 5.02 Å². The summed E-state index contributed by atoms with van der Waals surface area (Å²) in [5.74, 6) is -1.15. The summed E-state index contributed by atoms with van der Waals surface area (Å²) >= 11 is 5.78. The van der Waals surface area contributed by atoms with Crippen molar-refractivity contribution < 1.29 is 19.1 Å². The van der Waals surface area contributed by atoms with E-state index in [9.17, 15) is 14.4 Å². The van der Waals surface area contributed by atoms with Crippen LogP contribution in [-0.4, -0.2) is 24.3 Å². The lowest BCUT2D eigenvalue weighted by atomic mass is 10.0. The zero-order valence-corrected chi connectivity index (χ0v) is 17.3. The molecule has 0 atom stereocenters. The van der Waals surface area contributed by atoms with Crippen LogP contribution in [0.5, 0.6) is 0 Å². The molecule has 1 amide bonds. The Morgan fingerprint density at radius 1 is 0.931 bits per heavy atom. The Hall–Kier alpha value is -2.66. The van der Waals surface area contributed by atoms with Crippen LogP contribution in [-0.2, 0) is 20.7 Å². The number of anilines is 1. The van der Waals surface area contributed by atoms with Crippen LogP contribution in [0.15, 0.2) is 48.5 Å². The number of amides is 1. The fourth-order valence-corrected chi connectivity index (χ4v) is 2.87. The highest BCUT2D eigenvalue weighted by Gasteiger charge is 2.12. The molecule has 1 N–H and O–H groups in total. The largest absolute Gasteiger partial charge is 0.456 e. The van der Waals surface area contributed by atoms with Gasteiger partial charge in [0.15, 0.2) is 12.4 Å². The molecule has 0 unspecified atom stereocenters. The molecule has 0 heterocycles. The minimum atomic E-state index is -0.583. The minimum Gasteiger partial charge on any atom is -0.456 e. The second-order valence-corrected chi connectivity index (χ2v) is 7.23. The minimum absolute atomic E-state index is 0.0484. The van der Waals surface area contributed by atoms with Gasteiger partial charge < -0.3 is 10.1 Å². The van der Waals surface area contributed by atoms with E-state index in [1.165, 1.54) is 18.4 Å². The molecule has 0 aliphatic carbocycles. The SMILES string of the molecule is CCCCCc1ccc(C(=O)CCC(=O)OCC(=O)Nc2ccc(Cl)cc2)cc1. The fourth-order valence-electron chi connectivity index (χ4n) is 2.74. The predicted octanol–water partition coefficient (Wildman–Crippen LogP) is 5.22. The van der Waals surface area contributed by atoms with Gasteiger partial charge in [-0.3, -0.25) is 14.4 Å². The number of nitrogens with one attached hydrogen (secondary N) is 1. The molecule has 0 aliphatic heterocycles. The monoisotopic (exact) mass is 415 g/mol. The fraction of sp³-hybridized carbons (Fsp3) is 0.348. The van der Waals surface area contributed by atoms with Gasteiger partial charge in [-0.25, -0.2) is 0 Å². The van der Waals surface area contributed by atoms with Crippen LogP contribution < -0.4 is 5.32 Å². The summed E-state index contributed by atoms with van der Waals surface area (Å²) in [7, 11) is 0. The first-order valence-corrected chi connectivity index (χ1v) is 10.2. The zero-order valence-electron chi connectivity index (χ0n) is 16.6. The van der Waals surface area contributed by atoms with Gasteiger partial charge in [0.25, 0.3) is 5.91 Å². The van der Waals surface area contributed by atoms with E-state index >= 15 is 0 Å². The lowest BCUT2D eigenvalue weighted by Gasteiger charge is -2.07. The molecule has 6 heteroatoms. The summed E-state index contributed by atoms with van der Waals surface area (Å²) in [5, 5.41) is 3.16. The van der Waals surface area contributed by atoms with E-state index in [2.05, 4.69) is 12.2 Å². The third kappa shape index (κ3) is 8.48.